The van der Waals surface area contributed by atoms with Gasteiger partial charge >= 0.3 is 0 Å². The van der Waals surface area contributed by atoms with Crippen molar-refractivity contribution < 1.29 is 9.50 Å². The molecule has 1 atom stereocenters. The normalized spacial score (nSPS) is 13.4. The minimum atomic E-state index is -1.06. The first-order valence-corrected chi connectivity index (χ1v) is 5.10. The zero-order valence-corrected chi connectivity index (χ0v) is 9.44. The summed E-state index contributed by atoms with van der Waals surface area (Å²) in [6.45, 7) is 0. The summed E-state index contributed by atoms with van der Waals surface area (Å²) in [4.78, 5) is -0.958. The van der Waals surface area contributed by atoms with Crippen molar-refractivity contribution in [3.63, 3.8) is 0 Å². The van der Waals surface area contributed by atoms with Crippen molar-refractivity contribution >= 4 is 39.1 Å². The zero-order chi connectivity index (χ0) is 10.0. The summed E-state index contributed by atoms with van der Waals surface area (Å²) in [6.07, 6.45) is -1.06. The molecule has 0 saturated heterocycles. The largest absolute Gasteiger partial charge is 0.386 e. The number of hydrogen-bond acceptors (Lipinski definition) is 1. The number of hydrogen-bond donors (Lipinski definition) is 1. The van der Waals surface area contributed by atoms with Crippen molar-refractivity contribution in [3.8, 4) is 0 Å². The average Bonchev–Trinajstić information content (AvgIpc) is 2.08. The minimum Gasteiger partial charge on any atom is -0.386 e. The molecular formula is C8H6BrCl2FO. The van der Waals surface area contributed by atoms with Crippen molar-refractivity contribution in [1.29, 1.82) is 0 Å². The Balaban J connectivity index is 2.97. The van der Waals surface area contributed by atoms with Gasteiger partial charge in [-0.05, 0) is 33.6 Å². The Hall–Kier alpha value is 0.170. The van der Waals surface area contributed by atoms with E-state index in [1.165, 1.54) is 12.1 Å². The zero-order valence-electron chi connectivity index (χ0n) is 6.35. The molecule has 72 valence electrons. The van der Waals surface area contributed by atoms with Gasteiger partial charge in [-0.2, -0.15) is 0 Å². The van der Waals surface area contributed by atoms with Gasteiger partial charge in [-0.1, -0.05) is 6.07 Å². The van der Waals surface area contributed by atoms with E-state index in [0.29, 0.717) is 10.0 Å². The Morgan fingerprint density at radius 1 is 1.38 bits per heavy atom. The minimum absolute atomic E-state index is 0.337. The van der Waals surface area contributed by atoms with Crippen LogP contribution in [0.25, 0.3) is 0 Å². The van der Waals surface area contributed by atoms with Gasteiger partial charge in [0.05, 0.1) is 4.47 Å². The fourth-order valence-electron chi connectivity index (χ4n) is 0.842. The Morgan fingerprint density at radius 3 is 2.46 bits per heavy atom. The van der Waals surface area contributed by atoms with Gasteiger partial charge in [0.2, 0.25) is 0 Å². The number of aliphatic hydroxyl groups excluding tert-OH is 1. The van der Waals surface area contributed by atoms with Gasteiger partial charge in [0.1, 0.15) is 16.8 Å². The van der Waals surface area contributed by atoms with Crippen LogP contribution in [0.2, 0.25) is 0 Å². The van der Waals surface area contributed by atoms with Gasteiger partial charge in [0.15, 0.2) is 0 Å². The molecule has 1 rings (SSSR count). The monoisotopic (exact) mass is 286 g/mol. The SMILES string of the molecule is OC(c1ccc(Br)c(F)c1)C(Cl)Cl. The molecule has 0 aliphatic carbocycles. The molecule has 0 aliphatic rings. The summed E-state index contributed by atoms with van der Waals surface area (Å²) in [5.41, 5.74) is 0.357. The maximum atomic E-state index is 13.0. The van der Waals surface area contributed by atoms with Crippen molar-refractivity contribution in [2.24, 2.45) is 0 Å². The van der Waals surface area contributed by atoms with Gasteiger partial charge in [0.25, 0.3) is 0 Å². The van der Waals surface area contributed by atoms with Gasteiger partial charge in [-0.25, -0.2) is 4.39 Å². The third kappa shape index (κ3) is 2.81. The molecule has 0 aliphatic heterocycles. The molecule has 1 nitrogen and oxygen atoms in total. The molecule has 0 aromatic heterocycles. The molecule has 1 N–H and O–H groups in total. The first kappa shape index (κ1) is 11.2. The summed E-state index contributed by atoms with van der Waals surface area (Å²) in [5, 5.41) is 9.37. The Labute approximate surface area is 93.6 Å². The molecule has 5 heteroatoms. The Morgan fingerprint density at radius 2 is 2.00 bits per heavy atom. The van der Waals surface area contributed by atoms with Crippen LogP contribution in [0.1, 0.15) is 11.7 Å². The van der Waals surface area contributed by atoms with Crippen LogP contribution < -0.4 is 0 Å². The predicted molar refractivity (Wildman–Crippen MR) is 54.6 cm³/mol. The molecule has 0 saturated carbocycles. The number of benzene rings is 1. The standard InChI is InChI=1S/C8H6BrCl2FO/c9-5-2-1-4(3-6(5)12)7(13)8(10)11/h1-3,7-8,13H. The molecule has 1 aromatic rings. The highest BCUT2D eigenvalue weighted by molar-refractivity contribution is 9.10. The summed E-state index contributed by atoms with van der Waals surface area (Å²) in [6, 6.07) is 4.23. The van der Waals surface area contributed by atoms with Crippen molar-refractivity contribution in [3.05, 3.63) is 34.1 Å². The van der Waals surface area contributed by atoms with Crippen molar-refractivity contribution in [2.45, 2.75) is 10.9 Å². The molecule has 1 unspecified atom stereocenters. The van der Waals surface area contributed by atoms with E-state index >= 15 is 0 Å². The van der Waals surface area contributed by atoms with E-state index in [1.54, 1.807) is 6.07 Å². The van der Waals surface area contributed by atoms with Crippen LogP contribution in [0.5, 0.6) is 0 Å². The quantitative estimate of drug-likeness (QED) is 0.827. The lowest BCUT2D eigenvalue weighted by Gasteiger charge is -2.11. The lowest BCUT2D eigenvalue weighted by Crippen LogP contribution is -2.06. The summed E-state index contributed by atoms with van der Waals surface area (Å²) in [7, 11) is 0. The van der Waals surface area contributed by atoms with Crippen LogP contribution in [0, 0.1) is 5.82 Å². The van der Waals surface area contributed by atoms with Gasteiger partial charge in [0, 0.05) is 0 Å². The summed E-state index contributed by atoms with van der Waals surface area (Å²) in [5.74, 6) is -0.453. The van der Waals surface area contributed by atoms with Crippen LogP contribution in [0.3, 0.4) is 0 Å². The van der Waals surface area contributed by atoms with Gasteiger partial charge in [-0.15, -0.1) is 23.2 Å². The molecule has 0 spiro atoms. The lowest BCUT2D eigenvalue weighted by atomic mass is 10.1. The maximum absolute atomic E-state index is 13.0. The number of alkyl halides is 2. The second-order valence-corrected chi connectivity index (χ2v) is 4.47. The van der Waals surface area contributed by atoms with Crippen LogP contribution in [-0.2, 0) is 0 Å². The van der Waals surface area contributed by atoms with E-state index < -0.39 is 16.8 Å². The molecule has 0 radical (unpaired) electrons. The number of aliphatic hydroxyl groups is 1. The van der Waals surface area contributed by atoms with E-state index in [4.69, 9.17) is 23.2 Å². The third-order valence-corrected chi connectivity index (χ3v) is 2.64. The van der Waals surface area contributed by atoms with Crippen LogP contribution in [0.4, 0.5) is 4.39 Å². The molecule has 0 heterocycles. The molecule has 0 bridgehead atoms. The topological polar surface area (TPSA) is 20.2 Å². The highest BCUT2D eigenvalue weighted by atomic mass is 79.9. The molecule has 1 aromatic carbocycles. The maximum Gasteiger partial charge on any atom is 0.137 e. The number of rotatable bonds is 2. The summed E-state index contributed by atoms with van der Waals surface area (Å²) >= 11 is 13.9. The van der Waals surface area contributed by atoms with Crippen LogP contribution in [-0.4, -0.2) is 9.94 Å². The Bertz CT molecular complexity index is 306. The summed E-state index contributed by atoms with van der Waals surface area (Å²) < 4.78 is 13.3. The van der Waals surface area contributed by atoms with Gasteiger partial charge in [-0.3, -0.25) is 0 Å². The third-order valence-electron chi connectivity index (χ3n) is 1.52. The molecule has 0 fully saturated rings. The molecular weight excluding hydrogens is 282 g/mol. The van der Waals surface area contributed by atoms with E-state index in [0.717, 1.165) is 0 Å². The molecule has 0 amide bonds. The molecule has 13 heavy (non-hydrogen) atoms. The highest BCUT2D eigenvalue weighted by Gasteiger charge is 2.16. The van der Waals surface area contributed by atoms with Crippen LogP contribution >= 0.6 is 39.1 Å². The first-order valence-electron chi connectivity index (χ1n) is 3.43. The second-order valence-electron chi connectivity index (χ2n) is 2.45. The lowest BCUT2D eigenvalue weighted by molar-refractivity contribution is 0.192. The predicted octanol–water partition coefficient (Wildman–Crippen LogP) is 3.43. The second kappa shape index (κ2) is 4.60. The van der Waals surface area contributed by atoms with E-state index in [9.17, 15) is 9.50 Å². The van der Waals surface area contributed by atoms with E-state index in [-0.39, 0.29) is 0 Å². The van der Waals surface area contributed by atoms with Crippen LogP contribution in [0.15, 0.2) is 22.7 Å². The number of halogens is 4. The van der Waals surface area contributed by atoms with E-state index in [2.05, 4.69) is 15.9 Å². The highest BCUT2D eigenvalue weighted by Crippen LogP contribution is 2.26. The average molecular weight is 288 g/mol. The smallest absolute Gasteiger partial charge is 0.137 e. The fraction of sp³-hybridized carbons (Fsp3) is 0.250. The fourth-order valence-corrected chi connectivity index (χ4v) is 1.38. The van der Waals surface area contributed by atoms with Gasteiger partial charge < -0.3 is 5.11 Å². The van der Waals surface area contributed by atoms with Crippen molar-refractivity contribution in [1.82, 2.24) is 0 Å². The Kier molecular flexibility index (Phi) is 3.98. The first-order chi connectivity index (χ1) is 6.02. The van der Waals surface area contributed by atoms with Crippen molar-refractivity contribution in [2.75, 3.05) is 0 Å². The van der Waals surface area contributed by atoms with E-state index in [1.807, 2.05) is 0 Å².